The second-order valence-electron chi connectivity index (χ2n) is 6.10. The molecule has 0 saturated carbocycles. The van der Waals surface area contributed by atoms with Gasteiger partial charge in [-0.2, -0.15) is 0 Å². The first-order chi connectivity index (χ1) is 13.2. The highest BCUT2D eigenvalue weighted by atomic mass is 16.7. The summed E-state index contributed by atoms with van der Waals surface area (Å²) in [5.41, 5.74) is -1.99. The normalized spacial score (nSPS) is 14.8. The zero-order chi connectivity index (χ0) is 21.1. The van der Waals surface area contributed by atoms with E-state index in [4.69, 9.17) is 9.57 Å². The molecule has 9 heteroatoms. The third kappa shape index (κ3) is 3.78. The van der Waals surface area contributed by atoms with E-state index < -0.39 is 41.7 Å². The largest absolute Gasteiger partial charge is 0.469 e. The molecule has 0 aliphatic carbocycles. The van der Waals surface area contributed by atoms with Crippen LogP contribution in [0.2, 0.25) is 0 Å². The van der Waals surface area contributed by atoms with E-state index in [9.17, 15) is 24.0 Å². The predicted octanol–water partition coefficient (Wildman–Crippen LogP) is 1.57. The topological polar surface area (TPSA) is 116 Å². The number of carbonyl (C=O) groups is 5. The molecule has 28 heavy (non-hydrogen) atoms. The molecule has 2 rings (SSSR count). The minimum atomic E-state index is -2.10. The van der Waals surface area contributed by atoms with Gasteiger partial charge in [-0.3, -0.25) is 14.4 Å². The zero-order valence-electron chi connectivity index (χ0n) is 15.6. The molecule has 0 spiro atoms. The summed E-state index contributed by atoms with van der Waals surface area (Å²) in [4.78, 5) is 66.4. The molecule has 1 atom stereocenters. The number of hydrogen-bond donors (Lipinski definition) is 0. The van der Waals surface area contributed by atoms with Gasteiger partial charge in [-0.05, 0) is 25.5 Å². The highest BCUT2D eigenvalue weighted by Crippen LogP contribution is 2.28. The van der Waals surface area contributed by atoms with Crippen molar-refractivity contribution in [3.63, 3.8) is 0 Å². The Bertz CT molecular complexity index is 839. The third-order valence-electron chi connectivity index (χ3n) is 4.17. The number of rotatable bonds is 7. The highest BCUT2D eigenvalue weighted by Gasteiger charge is 2.49. The van der Waals surface area contributed by atoms with E-state index in [1.807, 2.05) is 0 Å². The number of carbonyl (C=O) groups excluding carboxylic acids is 5. The monoisotopic (exact) mass is 389 g/mol. The van der Waals surface area contributed by atoms with Crippen LogP contribution in [0.3, 0.4) is 0 Å². The molecular formula is C19H19NO8. The van der Waals surface area contributed by atoms with Crippen molar-refractivity contribution < 1.29 is 38.3 Å². The van der Waals surface area contributed by atoms with E-state index in [0.717, 1.165) is 7.11 Å². The van der Waals surface area contributed by atoms with Crippen LogP contribution in [-0.4, -0.2) is 47.5 Å². The lowest BCUT2D eigenvalue weighted by molar-refractivity contribution is -0.202. The van der Waals surface area contributed by atoms with Crippen LogP contribution in [0.5, 0.6) is 0 Å². The fourth-order valence-electron chi connectivity index (χ4n) is 2.48. The van der Waals surface area contributed by atoms with Crippen LogP contribution in [0.1, 0.15) is 47.4 Å². The van der Waals surface area contributed by atoms with E-state index in [1.54, 1.807) is 12.1 Å². The standard InChI is InChI=1S/C19H19NO8/c1-5-19(10-14(21)26-4,27-17(24)11(2)3)18(25)28-20-15(22)12-8-6-7-9-13(12)16(20)23/h6-9H,2,5,10H2,1,3-4H3. The van der Waals surface area contributed by atoms with Crippen molar-refractivity contribution in [2.45, 2.75) is 32.3 Å². The van der Waals surface area contributed by atoms with Crippen LogP contribution in [0.25, 0.3) is 0 Å². The fraction of sp³-hybridized carbons (Fsp3) is 0.316. The van der Waals surface area contributed by atoms with Gasteiger partial charge in [-0.1, -0.05) is 30.7 Å². The summed E-state index contributed by atoms with van der Waals surface area (Å²) in [5, 5.41) is 0.281. The Balaban J connectivity index is 2.33. The predicted molar refractivity (Wildman–Crippen MR) is 93.6 cm³/mol. The molecular weight excluding hydrogens is 370 g/mol. The summed E-state index contributed by atoms with van der Waals surface area (Å²) in [5.74, 6) is -4.74. The Hall–Kier alpha value is -3.49. The lowest BCUT2D eigenvalue weighted by Crippen LogP contribution is -2.49. The van der Waals surface area contributed by atoms with Gasteiger partial charge in [0.25, 0.3) is 11.8 Å². The molecule has 1 aromatic rings. The van der Waals surface area contributed by atoms with Gasteiger partial charge in [-0.15, -0.1) is 0 Å². The fourth-order valence-corrected chi connectivity index (χ4v) is 2.48. The van der Waals surface area contributed by atoms with Crippen LogP contribution in [0.15, 0.2) is 36.4 Å². The molecule has 1 aromatic carbocycles. The zero-order valence-corrected chi connectivity index (χ0v) is 15.6. The third-order valence-corrected chi connectivity index (χ3v) is 4.17. The van der Waals surface area contributed by atoms with Crippen molar-refractivity contribution >= 4 is 29.7 Å². The van der Waals surface area contributed by atoms with Gasteiger partial charge in [0.15, 0.2) is 0 Å². The molecule has 1 heterocycles. The number of hydrogen-bond acceptors (Lipinski definition) is 8. The van der Waals surface area contributed by atoms with Crippen molar-refractivity contribution in [3.05, 3.63) is 47.5 Å². The number of methoxy groups -OCH3 is 1. The average Bonchev–Trinajstić information content (AvgIpc) is 2.92. The first kappa shape index (κ1) is 20.8. The SMILES string of the molecule is C=C(C)C(=O)OC(CC)(CC(=O)OC)C(=O)ON1C(=O)c2ccccc2C1=O. The number of nitrogens with zero attached hydrogens (tertiary/aromatic N) is 1. The van der Waals surface area contributed by atoms with Crippen LogP contribution in [0.4, 0.5) is 0 Å². The van der Waals surface area contributed by atoms with E-state index in [2.05, 4.69) is 11.3 Å². The van der Waals surface area contributed by atoms with E-state index in [-0.39, 0.29) is 28.2 Å². The molecule has 9 nitrogen and oxygen atoms in total. The maximum atomic E-state index is 12.8. The van der Waals surface area contributed by atoms with Crippen LogP contribution in [0, 0.1) is 0 Å². The summed E-state index contributed by atoms with van der Waals surface area (Å²) in [6, 6.07) is 5.92. The molecule has 1 unspecified atom stereocenters. The smallest absolute Gasteiger partial charge is 0.377 e. The molecule has 2 amide bonds. The number of imide groups is 1. The van der Waals surface area contributed by atoms with Crippen molar-refractivity contribution in [3.8, 4) is 0 Å². The van der Waals surface area contributed by atoms with E-state index >= 15 is 0 Å². The number of benzene rings is 1. The summed E-state index contributed by atoms with van der Waals surface area (Å²) in [6.45, 7) is 6.25. The first-order valence-electron chi connectivity index (χ1n) is 8.32. The van der Waals surface area contributed by atoms with Crippen molar-refractivity contribution in [2.75, 3.05) is 7.11 Å². The number of esters is 2. The Morgan fingerprint density at radius 2 is 1.64 bits per heavy atom. The Kier molecular flexibility index (Phi) is 5.97. The van der Waals surface area contributed by atoms with Gasteiger partial charge >= 0.3 is 17.9 Å². The van der Waals surface area contributed by atoms with Crippen molar-refractivity contribution in [1.29, 1.82) is 0 Å². The van der Waals surface area contributed by atoms with Crippen LogP contribution in [-0.2, 0) is 28.7 Å². The lowest BCUT2D eigenvalue weighted by atomic mass is 9.96. The summed E-state index contributed by atoms with van der Waals surface area (Å²) in [6.07, 6.45) is -0.843. The Labute approximate surface area is 160 Å². The number of ether oxygens (including phenoxy) is 2. The summed E-state index contributed by atoms with van der Waals surface area (Å²) < 4.78 is 9.73. The van der Waals surface area contributed by atoms with E-state index in [1.165, 1.54) is 26.0 Å². The number of fused-ring (bicyclic) bond motifs is 1. The van der Waals surface area contributed by atoms with E-state index in [0.29, 0.717) is 0 Å². The highest BCUT2D eigenvalue weighted by molar-refractivity contribution is 6.21. The van der Waals surface area contributed by atoms with Gasteiger partial charge in [0, 0.05) is 5.57 Å². The van der Waals surface area contributed by atoms with Gasteiger partial charge in [0.1, 0.15) is 0 Å². The second-order valence-corrected chi connectivity index (χ2v) is 6.10. The summed E-state index contributed by atoms with van der Waals surface area (Å²) >= 11 is 0. The molecule has 0 N–H and O–H groups in total. The lowest BCUT2D eigenvalue weighted by Gasteiger charge is -2.30. The Morgan fingerprint density at radius 1 is 1.11 bits per heavy atom. The molecule has 1 aliphatic heterocycles. The van der Waals surface area contributed by atoms with Crippen LogP contribution >= 0.6 is 0 Å². The van der Waals surface area contributed by atoms with Crippen LogP contribution < -0.4 is 0 Å². The van der Waals surface area contributed by atoms with Gasteiger partial charge in [0.05, 0.1) is 24.7 Å². The minimum absolute atomic E-state index is 0.0174. The number of hydroxylamine groups is 2. The minimum Gasteiger partial charge on any atom is -0.469 e. The van der Waals surface area contributed by atoms with Gasteiger partial charge in [-0.25, -0.2) is 9.59 Å². The molecule has 0 bridgehead atoms. The molecule has 1 aliphatic rings. The van der Waals surface area contributed by atoms with Gasteiger partial charge in [0.2, 0.25) is 5.60 Å². The maximum Gasteiger partial charge on any atom is 0.377 e. The molecule has 0 radical (unpaired) electrons. The molecule has 0 saturated heterocycles. The first-order valence-corrected chi connectivity index (χ1v) is 8.32. The summed E-state index contributed by atoms with van der Waals surface area (Å²) in [7, 11) is 1.10. The molecule has 0 fully saturated rings. The van der Waals surface area contributed by atoms with Gasteiger partial charge < -0.3 is 14.3 Å². The molecule has 148 valence electrons. The molecule has 0 aromatic heterocycles. The van der Waals surface area contributed by atoms with Crippen molar-refractivity contribution in [2.24, 2.45) is 0 Å². The Morgan fingerprint density at radius 3 is 2.07 bits per heavy atom. The average molecular weight is 389 g/mol. The second kappa shape index (κ2) is 8.03. The van der Waals surface area contributed by atoms with Crippen molar-refractivity contribution in [1.82, 2.24) is 5.06 Å². The number of amides is 2. The maximum absolute atomic E-state index is 12.8. The quantitative estimate of drug-likeness (QED) is 0.392.